The molecule has 0 unspecified atom stereocenters. The Morgan fingerprint density at radius 3 is 1.67 bits per heavy atom. The molecule has 0 aromatic rings. The summed E-state index contributed by atoms with van der Waals surface area (Å²) >= 11 is 0. The Labute approximate surface area is 162 Å². The van der Waals surface area contributed by atoms with Gasteiger partial charge in [-0.1, -0.05) is 0 Å². The SMILES string of the molecule is CC(=O)N[C@@H](CCCCN)C(=O)N[C@@H](CCCCN)C(=O)NCCCCN. The van der Waals surface area contributed by atoms with Crippen LogP contribution in [0.1, 0.15) is 58.3 Å². The molecule has 27 heavy (non-hydrogen) atoms. The van der Waals surface area contributed by atoms with Crippen molar-refractivity contribution in [3.8, 4) is 0 Å². The molecule has 0 saturated carbocycles. The molecule has 9 heteroatoms. The lowest BCUT2D eigenvalue weighted by molar-refractivity contribution is -0.132. The molecule has 0 aliphatic rings. The molecule has 0 aliphatic carbocycles. The molecule has 0 aromatic heterocycles. The zero-order valence-electron chi connectivity index (χ0n) is 16.6. The van der Waals surface area contributed by atoms with E-state index in [-0.39, 0.29) is 17.7 Å². The molecule has 9 N–H and O–H groups in total. The third-order valence-corrected chi connectivity index (χ3v) is 4.15. The minimum atomic E-state index is -0.670. The molecule has 0 heterocycles. The molecule has 0 radical (unpaired) electrons. The van der Waals surface area contributed by atoms with Crippen molar-refractivity contribution in [3.05, 3.63) is 0 Å². The fourth-order valence-electron chi connectivity index (χ4n) is 2.65. The maximum Gasteiger partial charge on any atom is 0.243 e. The molecule has 3 amide bonds. The predicted molar refractivity (Wildman–Crippen MR) is 107 cm³/mol. The van der Waals surface area contributed by atoms with Gasteiger partial charge in [0.1, 0.15) is 12.1 Å². The van der Waals surface area contributed by atoms with Crippen LogP contribution in [0, 0.1) is 0 Å². The van der Waals surface area contributed by atoms with E-state index in [1.54, 1.807) is 0 Å². The average Bonchev–Trinajstić information content (AvgIpc) is 2.63. The van der Waals surface area contributed by atoms with Crippen LogP contribution < -0.4 is 33.2 Å². The highest BCUT2D eigenvalue weighted by molar-refractivity contribution is 5.91. The van der Waals surface area contributed by atoms with E-state index in [0.717, 1.165) is 38.5 Å². The molecule has 0 bridgehead atoms. The minimum absolute atomic E-state index is 0.221. The van der Waals surface area contributed by atoms with Gasteiger partial charge in [-0.3, -0.25) is 14.4 Å². The van der Waals surface area contributed by atoms with Crippen molar-refractivity contribution in [3.63, 3.8) is 0 Å². The van der Waals surface area contributed by atoms with Gasteiger partial charge in [-0.15, -0.1) is 0 Å². The van der Waals surface area contributed by atoms with Crippen LogP contribution in [-0.2, 0) is 14.4 Å². The first kappa shape index (κ1) is 25.3. The third kappa shape index (κ3) is 13.2. The van der Waals surface area contributed by atoms with Crippen LogP contribution in [0.5, 0.6) is 0 Å². The predicted octanol–water partition coefficient (Wildman–Crippen LogP) is -0.911. The Hall–Kier alpha value is -1.71. The summed E-state index contributed by atoms with van der Waals surface area (Å²) < 4.78 is 0. The summed E-state index contributed by atoms with van der Waals surface area (Å²) in [6.07, 6.45) is 5.60. The summed E-state index contributed by atoms with van der Waals surface area (Å²) in [5.74, 6) is -0.855. The van der Waals surface area contributed by atoms with Crippen molar-refractivity contribution in [1.29, 1.82) is 0 Å². The maximum atomic E-state index is 12.6. The van der Waals surface area contributed by atoms with E-state index >= 15 is 0 Å². The number of rotatable bonds is 16. The first-order valence-electron chi connectivity index (χ1n) is 9.91. The van der Waals surface area contributed by atoms with Crippen LogP contribution in [0.3, 0.4) is 0 Å². The lowest BCUT2D eigenvalue weighted by Crippen LogP contribution is -2.53. The Morgan fingerprint density at radius 1 is 0.704 bits per heavy atom. The molecule has 9 nitrogen and oxygen atoms in total. The van der Waals surface area contributed by atoms with Crippen LogP contribution in [0.2, 0.25) is 0 Å². The zero-order valence-corrected chi connectivity index (χ0v) is 16.6. The molecule has 158 valence electrons. The van der Waals surface area contributed by atoms with E-state index in [4.69, 9.17) is 17.2 Å². The van der Waals surface area contributed by atoms with Crippen molar-refractivity contribution >= 4 is 17.7 Å². The van der Waals surface area contributed by atoms with E-state index in [1.807, 2.05) is 0 Å². The molecule has 2 atom stereocenters. The highest BCUT2D eigenvalue weighted by atomic mass is 16.2. The molecule has 0 rings (SSSR count). The first-order chi connectivity index (χ1) is 13.0. The standard InChI is InChI=1S/C18H38N6O3/c1-14(25)23-16(9-3-5-11-20)18(27)24-15(8-2-4-10-19)17(26)22-13-7-6-12-21/h15-16H,2-13,19-21H2,1H3,(H,22,26)(H,23,25)(H,24,27)/t15-,16-/m0/s1. The molecule has 0 spiro atoms. The van der Waals surface area contributed by atoms with Crippen molar-refractivity contribution < 1.29 is 14.4 Å². The number of hydrogen-bond donors (Lipinski definition) is 6. The topological polar surface area (TPSA) is 165 Å². The molecule has 0 aromatic carbocycles. The van der Waals surface area contributed by atoms with Gasteiger partial charge in [-0.2, -0.15) is 0 Å². The summed E-state index contributed by atoms with van der Waals surface area (Å²) in [4.78, 5) is 36.5. The highest BCUT2D eigenvalue weighted by Gasteiger charge is 2.25. The minimum Gasteiger partial charge on any atom is -0.354 e. The number of carbonyl (C=O) groups excluding carboxylic acids is 3. The summed E-state index contributed by atoms with van der Waals surface area (Å²) in [6.45, 7) is 3.53. The average molecular weight is 387 g/mol. The second-order valence-electron chi connectivity index (χ2n) is 6.67. The van der Waals surface area contributed by atoms with E-state index in [2.05, 4.69) is 16.0 Å². The Morgan fingerprint density at radius 2 is 1.19 bits per heavy atom. The Balaban J connectivity index is 4.81. The van der Waals surface area contributed by atoms with Crippen LogP contribution in [0.25, 0.3) is 0 Å². The number of unbranched alkanes of at least 4 members (excludes halogenated alkanes) is 3. The number of carbonyl (C=O) groups is 3. The Bertz CT molecular complexity index is 433. The molecular weight excluding hydrogens is 348 g/mol. The first-order valence-corrected chi connectivity index (χ1v) is 9.91. The summed E-state index contributed by atoms with van der Waals surface area (Å²) in [6, 6.07) is -1.32. The van der Waals surface area contributed by atoms with Crippen LogP contribution >= 0.6 is 0 Å². The smallest absolute Gasteiger partial charge is 0.243 e. The normalized spacial score (nSPS) is 12.9. The summed E-state index contributed by atoms with van der Waals surface area (Å²) in [5.41, 5.74) is 16.5. The maximum absolute atomic E-state index is 12.6. The van der Waals surface area contributed by atoms with Gasteiger partial charge in [0, 0.05) is 13.5 Å². The van der Waals surface area contributed by atoms with Crippen LogP contribution in [-0.4, -0.2) is 56.0 Å². The van der Waals surface area contributed by atoms with Crippen LogP contribution in [0.4, 0.5) is 0 Å². The number of nitrogens with one attached hydrogen (secondary N) is 3. The van der Waals surface area contributed by atoms with E-state index in [0.29, 0.717) is 39.0 Å². The number of amides is 3. The third-order valence-electron chi connectivity index (χ3n) is 4.15. The summed E-state index contributed by atoms with van der Waals surface area (Å²) in [5, 5.41) is 8.28. The molecule has 0 saturated heterocycles. The second kappa shape index (κ2) is 16.5. The molecule has 0 fully saturated rings. The van der Waals surface area contributed by atoms with Gasteiger partial charge in [0.25, 0.3) is 0 Å². The van der Waals surface area contributed by atoms with Crippen molar-refractivity contribution in [1.82, 2.24) is 16.0 Å². The summed E-state index contributed by atoms with van der Waals surface area (Å²) in [7, 11) is 0. The van der Waals surface area contributed by atoms with Gasteiger partial charge in [0.05, 0.1) is 0 Å². The fraction of sp³-hybridized carbons (Fsp3) is 0.833. The van der Waals surface area contributed by atoms with Gasteiger partial charge in [0.2, 0.25) is 17.7 Å². The van der Waals surface area contributed by atoms with Gasteiger partial charge in [-0.25, -0.2) is 0 Å². The van der Waals surface area contributed by atoms with E-state index in [9.17, 15) is 14.4 Å². The van der Waals surface area contributed by atoms with Gasteiger partial charge in [0.15, 0.2) is 0 Å². The van der Waals surface area contributed by atoms with Gasteiger partial charge < -0.3 is 33.2 Å². The number of hydrogen-bond acceptors (Lipinski definition) is 6. The van der Waals surface area contributed by atoms with Crippen molar-refractivity contribution in [2.24, 2.45) is 17.2 Å². The van der Waals surface area contributed by atoms with E-state index in [1.165, 1.54) is 6.92 Å². The van der Waals surface area contributed by atoms with Gasteiger partial charge >= 0.3 is 0 Å². The Kier molecular flexibility index (Phi) is 15.4. The molecular formula is C18H38N6O3. The monoisotopic (exact) mass is 386 g/mol. The largest absolute Gasteiger partial charge is 0.354 e. The lowest BCUT2D eigenvalue weighted by atomic mass is 10.1. The zero-order chi connectivity index (χ0) is 20.5. The fourth-order valence-corrected chi connectivity index (χ4v) is 2.65. The van der Waals surface area contributed by atoms with Gasteiger partial charge in [-0.05, 0) is 71.0 Å². The number of nitrogens with two attached hydrogens (primary N) is 3. The quantitative estimate of drug-likeness (QED) is 0.188. The van der Waals surface area contributed by atoms with E-state index < -0.39 is 12.1 Å². The highest BCUT2D eigenvalue weighted by Crippen LogP contribution is 2.05. The second-order valence-corrected chi connectivity index (χ2v) is 6.67. The van der Waals surface area contributed by atoms with Crippen molar-refractivity contribution in [2.45, 2.75) is 70.4 Å². The lowest BCUT2D eigenvalue weighted by Gasteiger charge is -2.23. The molecule has 0 aliphatic heterocycles. The van der Waals surface area contributed by atoms with Crippen LogP contribution in [0.15, 0.2) is 0 Å². The van der Waals surface area contributed by atoms with Crippen molar-refractivity contribution in [2.75, 3.05) is 26.2 Å².